The molecule has 0 aromatic carbocycles. The van der Waals surface area contributed by atoms with E-state index < -0.39 is 36.4 Å². The minimum Gasteiger partial charge on any atom is -0.444 e. The van der Waals surface area contributed by atoms with E-state index in [-0.39, 0.29) is 5.76 Å². The van der Waals surface area contributed by atoms with E-state index in [0.717, 1.165) is 11.1 Å². The van der Waals surface area contributed by atoms with Gasteiger partial charge in [-0.3, -0.25) is 0 Å². The molecule has 0 aromatic rings. The minimum absolute atomic E-state index is 0.0452. The zero-order valence-electron chi connectivity index (χ0n) is 14.4. The summed E-state index contributed by atoms with van der Waals surface area (Å²) in [7, 11) is 0. The van der Waals surface area contributed by atoms with Crippen molar-refractivity contribution in [3.8, 4) is 0 Å². The molecule has 0 saturated carbocycles. The average molecular weight is 362 g/mol. The highest BCUT2D eigenvalue weighted by Gasteiger charge is 2.29. The van der Waals surface area contributed by atoms with Gasteiger partial charge in [-0.1, -0.05) is 0 Å². The molecule has 1 N–H and O–H groups in total. The molecule has 6 nitrogen and oxygen atoms in total. The molecule has 1 aliphatic heterocycles. The number of amides is 1. The first-order valence-corrected chi connectivity index (χ1v) is 7.46. The van der Waals surface area contributed by atoms with Crippen LogP contribution in [-0.2, 0) is 14.3 Å². The standard InChI is InChI=1S/C16H21F3N2O4/c1-11(20-14(23)25-15(2,3)4)13(22)24-12-6-5-8-21(9-7-12)10-16(17,18)19/h5-9,11H,10H2,1-4H3,(H,20,23). The smallest absolute Gasteiger partial charge is 0.408 e. The van der Waals surface area contributed by atoms with E-state index >= 15 is 0 Å². The largest absolute Gasteiger partial charge is 0.444 e. The van der Waals surface area contributed by atoms with Gasteiger partial charge in [0, 0.05) is 12.4 Å². The van der Waals surface area contributed by atoms with Gasteiger partial charge in [0.15, 0.2) is 0 Å². The van der Waals surface area contributed by atoms with E-state index in [0.29, 0.717) is 0 Å². The summed E-state index contributed by atoms with van der Waals surface area (Å²) in [6, 6.07) is -0.998. The number of hydrogen-bond acceptors (Lipinski definition) is 5. The van der Waals surface area contributed by atoms with E-state index in [1.807, 2.05) is 0 Å². The van der Waals surface area contributed by atoms with Gasteiger partial charge >= 0.3 is 18.2 Å². The maximum absolute atomic E-state index is 12.4. The van der Waals surface area contributed by atoms with Crippen LogP contribution in [0.1, 0.15) is 27.7 Å². The van der Waals surface area contributed by atoms with E-state index in [1.165, 1.54) is 31.4 Å². The number of rotatable bonds is 4. The number of allylic oxidation sites excluding steroid dienone is 3. The lowest BCUT2D eigenvalue weighted by Crippen LogP contribution is -2.42. The van der Waals surface area contributed by atoms with Crippen molar-refractivity contribution in [3.63, 3.8) is 0 Å². The van der Waals surface area contributed by atoms with Crippen molar-refractivity contribution in [1.82, 2.24) is 10.2 Å². The minimum atomic E-state index is -4.36. The lowest BCUT2D eigenvalue weighted by atomic mass is 10.2. The molecule has 1 rings (SSSR count). The van der Waals surface area contributed by atoms with Gasteiger partial charge in [0.2, 0.25) is 0 Å². The van der Waals surface area contributed by atoms with Gasteiger partial charge < -0.3 is 19.7 Å². The molecule has 0 saturated heterocycles. The Hall–Kier alpha value is -2.45. The highest BCUT2D eigenvalue weighted by molar-refractivity contribution is 5.81. The Balaban J connectivity index is 2.57. The fourth-order valence-electron chi connectivity index (χ4n) is 1.65. The Bertz CT molecular complexity index is 589. The second-order valence-corrected chi connectivity index (χ2v) is 6.30. The van der Waals surface area contributed by atoms with Crippen LogP contribution in [0.2, 0.25) is 0 Å². The quantitative estimate of drug-likeness (QED) is 0.778. The summed E-state index contributed by atoms with van der Waals surface area (Å²) in [5.41, 5.74) is -0.715. The summed E-state index contributed by atoms with van der Waals surface area (Å²) in [6.45, 7) is 5.27. The van der Waals surface area contributed by atoms with Crippen molar-refractivity contribution in [2.24, 2.45) is 0 Å². The monoisotopic (exact) mass is 362 g/mol. The highest BCUT2D eigenvalue weighted by Crippen LogP contribution is 2.18. The molecular formula is C16H21F3N2O4. The molecular weight excluding hydrogens is 341 g/mol. The zero-order chi connectivity index (χ0) is 19.3. The lowest BCUT2D eigenvalue weighted by molar-refractivity contribution is -0.141. The number of alkyl carbamates (subject to hydrolysis) is 1. The summed E-state index contributed by atoms with van der Waals surface area (Å²) in [5.74, 6) is -0.733. The molecule has 1 heterocycles. The second kappa shape index (κ2) is 8.09. The normalized spacial score (nSPS) is 16.0. The SMILES string of the molecule is CC(NC(=O)OC(C)(C)C)C(=O)OC1=CC=CN(CC(F)(F)F)C=C1. The van der Waals surface area contributed by atoms with Gasteiger partial charge in [-0.25, -0.2) is 9.59 Å². The summed E-state index contributed by atoms with van der Waals surface area (Å²) in [4.78, 5) is 24.5. The molecule has 0 spiro atoms. The first-order valence-electron chi connectivity index (χ1n) is 7.46. The van der Waals surface area contributed by atoms with Crippen LogP contribution in [0.15, 0.2) is 36.4 Å². The summed E-state index contributed by atoms with van der Waals surface area (Å²) < 4.78 is 47.1. The summed E-state index contributed by atoms with van der Waals surface area (Å²) in [5, 5.41) is 2.32. The number of halogens is 3. The van der Waals surface area contributed by atoms with Crippen LogP contribution in [0.4, 0.5) is 18.0 Å². The Labute approximate surface area is 143 Å². The van der Waals surface area contributed by atoms with E-state index in [9.17, 15) is 22.8 Å². The Kier molecular flexibility index (Phi) is 6.66. The van der Waals surface area contributed by atoms with Crippen LogP contribution in [0.5, 0.6) is 0 Å². The number of alkyl halides is 3. The fourth-order valence-corrected chi connectivity index (χ4v) is 1.65. The number of hydrogen-bond donors (Lipinski definition) is 1. The second-order valence-electron chi connectivity index (χ2n) is 6.30. The third-order valence-electron chi connectivity index (χ3n) is 2.64. The fraction of sp³-hybridized carbons (Fsp3) is 0.500. The van der Waals surface area contributed by atoms with Crippen LogP contribution in [0.3, 0.4) is 0 Å². The third-order valence-corrected chi connectivity index (χ3v) is 2.64. The van der Waals surface area contributed by atoms with Gasteiger partial charge in [-0.15, -0.1) is 0 Å². The van der Waals surface area contributed by atoms with Crippen molar-refractivity contribution >= 4 is 12.1 Å². The molecule has 1 unspecified atom stereocenters. The maximum Gasteiger partial charge on any atom is 0.408 e. The topological polar surface area (TPSA) is 67.9 Å². The molecule has 1 atom stereocenters. The molecule has 0 fully saturated rings. The Morgan fingerprint density at radius 2 is 1.88 bits per heavy atom. The maximum atomic E-state index is 12.4. The summed E-state index contributed by atoms with van der Waals surface area (Å²) >= 11 is 0. The predicted molar refractivity (Wildman–Crippen MR) is 84.0 cm³/mol. The zero-order valence-corrected chi connectivity index (χ0v) is 14.4. The van der Waals surface area contributed by atoms with Crippen molar-refractivity contribution in [1.29, 1.82) is 0 Å². The van der Waals surface area contributed by atoms with Crippen molar-refractivity contribution in [2.45, 2.75) is 45.5 Å². The van der Waals surface area contributed by atoms with Gasteiger partial charge in [-0.05, 0) is 45.9 Å². The van der Waals surface area contributed by atoms with Gasteiger partial charge in [0.05, 0.1) is 0 Å². The molecule has 9 heteroatoms. The number of esters is 1. The van der Waals surface area contributed by atoms with Crippen LogP contribution in [0, 0.1) is 0 Å². The van der Waals surface area contributed by atoms with Gasteiger partial charge in [0.25, 0.3) is 0 Å². The molecule has 0 bridgehead atoms. The van der Waals surface area contributed by atoms with Gasteiger partial charge in [0.1, 0.15) is 23.9 Å². The Morgan fingerprint density at radius 3 is 2.44 bits per heavy atom. The summed E-state index contributed by atoms with van der Waals surface area (Å²) in [6.07, 6.45) is 1.09. The van der Waals surface area contributed by atoms with Crippen molar-refractivity contribution in [2.75, 3.05) is 6.54 Å². The van der Waals surface area contributed by atoms with Crippen molar-refractivity contribution < 1.29 is 32.2 Å². The number of nitrogens with zero attached hydrogens (tertiary/aromatic N) is 1. The molecule has 0 radical (unpaired) electrons. The average Bonchev–Trinajstić information content (AvgIpc) is 2.60. The first kappa shape index (κ1) is 20.6. The number of carbonyl (C=O) groups is 2. The number of nitrogens with one attached hydrogen (secondary N) is 1. The highest BCUT2D eigenvalue weighted by atomic mass is 19.4. The molecule has 140 valence electrons. The van der Waals surface area contributed by atoms with E-state index in [2.05, 4.69) is 5.32 Å². The molecule has 25 heavy (non-hydrogen) atoms. The van der Waals surface area contributed by atoms with Crippen LogP contribution in [-0.4, -0.2) is 41.3 Å². The van der Waals surface area contributed by atoms with E-state index in [1.54, 1.807) is 20.8 Å². The van der Waals surface area contributed by atoms with Gasteiger partial charge in [-0.2, -0.15) is 13.2 Å². The number of carbonyl (C=O) groups excluding carboxylic acids is 2. The van der Waals surface area contributed by atoms with Crippen molar-refractivity contribution in [3.05, 3.63) is 36.4 Å². The molecule has 0 aliphatic carbocycles. The van der Waals surface area contributed by atoms with E-state index in [4.69, 9.17) is 9.47 Å². The molecule has 1 aliphatic rings. The van der Waals surface area contributed by atoms with Crippen LogP contribution < -0.4 is 5.32 Å². The molecule has 0 aromatic heterocycles. The first-order chi connectivity index (χ1) is 11.4. The van der Waals surface area contributed by atoms with Crippen LogP contribution in [0.25, 0.3) is 0 Å². The number of ether oxygens (including phenoxy) is 2. The third kappa shape index (κ3) is 8.83. The van der Waals surface area contributed by atoms with Crippen LogP contribution >= 0.6 is 0 Å². The predicted octanol–water partition coefficient (Wildman–Crippen LogP) is 3.23. The lowest BCUT2D eigenvalue weighted by Gasteiger charge is -2.21. The Morgan fingerprint density at radius 1 is 1.24 bits per heavy atom. The molecule has 1 amide bonds.